The summed E-state index contributed by atoms with van der Waals surface area (Å²) >= 11 is 0. The SMILES string of the molecule is C[Si](C)(C)c1ccc(CN2CCC(C#N)CC2)cc1. The highest BCUT2D eigenvalue weighted by Gasteiger charge is 2.19. The highest BCUT2D eigenvalue weighted by Crippen LogP contribution is 2.18. The molecule has 102 valence electrons. The van der Waals surface area contributed by atoms with Crippen LogP contribution in [0.1, 0.15) is 18.4 Å². The van der Waals surface area contributed by atoms with Crippen LogP contribution in [-0.2, 0) is 6.54 Å². The summed E-state index contributed by atoms with van der Waals surface area (Å²) in [5, 5.41) is 10.4. The lowest BCUT2D eigenvalue weighted by molar-refractivity contribution is 0.198. The van der Waals surface area contributed by atoms with Crippen LogP contribution in [0.2, 0.25) is 19.6 Å². The molecule has 0 aromatic heterocycles. The molecular formula is C16H24N2Si. The van der Waals surface area contributed by atoms with Gasteiger partial charge in [0.15, 0.2) is 0 Å². The van der Waals surface area contributed by atoms with Crippen molar-refractivity contribution in [2.24, 2.45) is 5.92 Å². The fourth-order valence-corrected chi connectivity index (χ4v) is 3.76. The Morgan fingerprint density at radius 3 is 2.21 bits per heavy atom. The number of hydrogen-bond donors (Lipinski definition) is 0. The first-order chi connectivity index (χ1) is 8.99. The summed E-state index contributed by atoms with van der Waals surface area (Å²) in [5.41, 5.74) is 1.40. The predicted octanol–water partition coefficient (Wildman–Crippen LogP) is 2.97. The largest absolute Gasteiger partial charge is 0.299 e. The second-order valence-corrected chi connectivity index (χ2v) is 11.7. The van der Waals surface area contributed by atoms with Crippen LogP contribution in [-0.4, -0.2) is 26.1 Å². The van der Waals surface area contributed by atoms with E-state index in [0.29, 0.717) is 0 Å². The first kappa shape index (κ1) is 14.3. The van der Waals surface area contributed by atoms with E-state index in [-0.39, 0.29) is 5.92 Å². The molecule has 2 rings (SSSR count). The van der Waals surface area contributed by atoms with Crippen LogP contribution in [0.25, 0.3) is 0 Å². The molecule has 1 aliphatic heterocycles. The van der Waals surface area contributed by atoms with Crippen LogP contribution < -0.4 is 5.19 Å². The van der Waals surface area contributed by atoms with Gasteiger partial charge in [0.2, 0.25) is 0 Å². The summed E-state index contributed by atoms with van der Waals surface area (Å²) in [6.45, 7) is 10.3. The average molecular weight is 272 g/mol. The second-order valence-electron chi connectivity index (χ2n) is 6.63. The lowest BCUT2D eigenvalue weighted by Gasteiger charge is -2.29. The highest BCUT2D eigenvalue weighted by molar-refractivity contribution is 6.88. The van der Waals surface area contributed by atoms with Gasteiger partial charge in [-0.2, -0.15) is 5.26 Å². The molecule has 19 heavy (non-hydrogen) atoms. The van der Waals surface area contributed by atoms with E-state index in [0.717, 1.165) is 32.5 Å². The zero-order valence-corrected chi connectivity index (χ0v) is 13.3. The molecule has 1 aromatic carbocycles. The number of benzene rings is 1. The highest BCUT2D eigenvalue weighted by atomic mass is 28.3. The van der Waals surface area contributed by atoms with Gasteiger partial charge in [-0.25, -0.2) is 0 Å². The molecule has 1 aliphatic rings. The van der Waals surface area contributed by atoms with Gasteiger partial charge in [0.1, 0.15) is 0 Å². The Hall–Kier alpha value is -1.11. The monoisotopic (exact) mass is 272 g/mol. The van der Waals surface area contributed by atoms with E-state index in [1.807, 2.05) is 0 Å². The molecule has 0 radical (unpaired) electrons. The van der Waals surface area contributed by atoms with Crippen molar-refractivity contribution in [3.05, 3.63) is 29.8 Å². The van der Waals surface area contributed by atoms with Crippen molar-refractivity contribution < 1.29 is 0 Å². The lowest BCUT2D eigenvalue weighted by Crippen LogP contribution is -2.37. The van der Waals surface area contributed by atoms with Crippen molar-refractivity contribution in [2.75, 3.05) is 13.1 Å². The molecule has 0 spiro atoms. The Bertz CT molecular complexity index is 445. The molecule has 0 bridgehead atoms. The Balaban J connectivity index is 1.92. The van der Waals surface area contributed by atoms with Gasteiger partial charge in [0.05, 0.1) is 14.1 Å². The maximum absolute atomic E-state index is 8.91. The molecule has 1 aromatic rings. The normalized spacial score (nSPS) is 18.2. The lowest BCUT2D eigenvalue weighted by atomic mass is 9.98. The van der Waals surface area contributed by atoms with Crippen LogP contribution in [0.15, 0.2) is 24.3 Å². The van der Waals surface area contributed by atoms with Gasteiger partial charge in [0, 0.05) is 12.5 Å². The molecule has 0 saturated carbocycles. The van der Waals surface area contributed by atoms with Gasteiger partial charge >= 0.3 is 0 Å². The topological polar surface area (TPSA) is 27.0 Å². The first-order valence-corrected chi connectivity index (χ1v) is 10.7. The van der Waals surface area contributed by atoms with E-state index in [1.54, 1.807) is 0 Å². The second kappa shape index (κ2) is 5.90. The molecule has 1 heterocycles. The van der Waals surface area contributed by atoms with Crippen molar-refractivity contribution in [1.29, 1.82) is 5.26 Å². The number of hydrogen-bond acceptors (Lipinski definition) is 2. The zero-order valence-electron chi connectivity index (χ0n) is 12.3. The van der Waals surface area contributed by atoms with Crippen molar-refractivity contribution >= 4 is 13.3 Å². The summed E-state index contributed by atoms with van der Waals surface area (Å²) in [5.74, 6) is 0.283. The molecule has 0 atom stereocenters. The third kappa shape index (κ3) is 3.92. The summed E-state index contributed by atoms with van der Waals surface area (Å²) < 4.78 is 0. The van der Waals surface area contributed by atoms with Crippen molar-refractivity contribution in [2.45, 2.75) is 39.0 Å². The zero-order chi connectivity index (χ0) is 13.9. The van der Waals surface area contributed by atoms with E-state index >= 15 is 0 Å². The molecule has 0 aliphatic carbocycles. The van der Waals surface area contributed by atoms with E-state index < -0.39 is 8.07 Å². The molecule has 0 unspecified atom stereocenters. The summed E-state index contributed by atoms with van der Waals surface area (Å²) in [7, 11) is -1.17. The van der Waals surface area contributed by atoms with Crippen molar-refractivity contribution in [1.82, 2.24) is 4.90 Å². The van der Waals surface area contributed by atoms with Gasteiger partial charge in [0.25, 0.3) is 0 Å². The maximum atomic E-state index is 8.91. The fraction of sp³-hybridized carbons (Fsp3) is 0.562. The Morgan fingerprint density at radius 2 is 1.74 bits per heavy atom. The third-order valence-electron chi connectivity index (χ3n) is 4.00. The quantitative estimate of drug-likeness (QED) is 0.791. The van der Waals surface area contributed by atoms with Crippen molar-refractivity contribution in [3.8, 4) is 6.07 Å². The Kier molecular flexibility index (Phi) is 4.44. The van der Waals surface area contributed by atoms with E-state index in [4.69, 9.17) is 5.26 Å². The molecule has 1 saturated heterocycles. The van der Waals surface area contributed by atoms with Crippen LogP contribution in [0.4, 0.5) is 0 Å². The van der Waals surface area contributed by atoms with Gasteiger partial charge in [-0.05, 0) is 31.5 Å². The molecular weight excluding hydrogens is 248 g/mol. The average Bonchev–Trinajstić information content (AvgIpc) is 2.39. The van der Waals surface area contributed by atoms with Crippen LogP contribution in [0.5, 0.6) is 0 Å². The Labute approximate surface area is 118 Å². The Morgan fingerprint density at radius 1 is 1.16 bits per heavy atom. The van der Waals surface area contributed by atoms with E-state index in [1.165, 1.54) is 10.8 Å². The number of likely N-dealkylation sites (tertiary alicyclic amines) is 1. The number of nitrogens with zero attached hydrogens (tertiary/aromatic N) is 2. The predicted molar refractivity (Wildman–Crippen MR) is 83.0 cm³/mol. The van der Waals surface area contributed by atoms with Crippen molar-refractivity contribution in [3.63, 3.8) is 0 Å². The number of rotatable bonds is 3. The van der Waals surface area contributed by atoms with Gasteiger partial charge < -0.3 is 0 Å². The van der Waals surface area contributed by atoms with Crippen LogP contribution >= 0.6 is 0 Å². The molecule has 2 nitrogen and oxygen atoms in total. The number of nitriles is 1. The van der Waals surface area contributed by atoms with Gasteiger partial charge in [-0.15, -0.1) is 0 Å². The minimum atomic E-state index is -1.17. The summed E-state index contributed by atoms with van der Waals surface area (Å²) in [6.07, 6.45) is 2.06. The molecule has 0 N–H and O–H groups in total. The van der Waals surface area contributed by atoms with E-state index in [9.17, 15) is 0 Å². The molecule has 1 fully saturated rings. The van der Waals surface area contributed by atoms with Gasteiger partial charge in [-0.1, -0.05) is 49.1 Å². The summed E-state index contributed by atoms with van der Waals surface area (Å²) in [6, 6.07) is 11.6. The molecule has 0 amide bonds. The minimum Gasteiger partial charge on any atom is -0.299 e. The molecule has 3 heteroatoms. The standard InChI is InChI=1S/C16H24N2Si/c1-19(2,3)16-6-4-15(5-7-16)13-18-10-8-14(12-17)9-11-18/h4-7,14H,8-11,13H2,1-3H3. The van der Waals surface area contributed by atoms with E-state index in [2.05, 4.69) is 54.9 Å². The fourth-order valence-electron chi connectivity index (χ4n) is 2.59. The van der Waals surface area contributed by atoms with Crippen LogP contribution in [0, 0.1) is 17.2 Å². The number of piperidine rings is 1. The van der Waals surface area contributed by atoms with Gasteiger partial charge in [-0.3, -0.25) is 4.90 Å². The minimum absolute atomic E-state index is 0.283. The first-order valence-electron chi connectivity index (χ1n) is 7.20. The maximum Gasteiger partial charge on any atom is 0.0775 e. The summed E-state index contributed by atoms with van der Waals surface area (Å²) in [4.78, 5) is 2.47. The third-order valence-corrected chi connectivity index (χ3v) is 6.06. The smallest absolute Gasteiger partial charge is 0.0775 e. The van der Waals surface area contributed by atoms with Crippen LogP contribution in [0.3, 0.4) is 0 Å².